The molecule has 4 rings (SSSR count). The lowest BCUT2D eigenvalue weighted by Gasteiger charge is -2.26. The zero-order chi connectivity index (χ0) is 14.8. The van der Waals surface area contributed by atoms with Crippen molar-refractivity contribution in [2.75, 3.05) is 24.6 Å². The fourth-order valence-corrected chi connectivity index (χ4v) is 4.85. The van der Waals surface area contributed by atoms with Gasteiger partial charge in [-0.25, -0.2) is 9.97 Å². The van der Waals surface area contributed by atoms with E-state index in [0.717, 1.165) is 36.7 Å². The lowest BCUT2D eigenvalue weighted by molar-refractivity contribution is 0.329. The molecule has 2 fully saturated rings. The first-order valence-corrected chi connectivity index (χ1v) is 9.67. The molecule has 4 nitrogen and oxygen atoms in total. The average Bonchev–Trinajstić information content (AvgIpc) is 2.95. The molecule has 22 heavy (non-hydrogen) atoms. The fraction of sp³-hybridized carbons (Fsp3) is 0.647. The van der Waals surface area contributed by atoms with Gasteiger partial charge in [0.2, 0.25) is 0 Å². The molecule has 0 radical (unpaired) electrons. The second kappa shape index (κ2) is 6.59. The molecule has 0 bridgehead atoms. The van der Waals surface area contributed by atoms with Crippen LogP contribution in [0.4, 0.5) is 0 Å². The van der Waals surface area contributed by atoms with Crippen molar-refractivity contribution in [3.8, 4) is 0 Å². The van der Waals surface area contributed by atoms with Gasteiger partial charge in [-0.15, -0.1) is 0 Å². The second-order valence-corrected chi connectivity index (χ2v) is 7.73. The Kier molecular flexibility index (Phi) is 4.35. The molecule has 1 N–H and O–H groups in total. The van der Waals surface area contributed by atoms with Crippen LogP contribution in [0.2, 0.25) is 0 Å². The molecule has 5 heteroatoms. The maximum atomic E-state index is 4.98. The molecule has 4 heterocycles. The third-order valence-electron chi connectivity index (χ3n) is 5.02. The second-order valence-electron chi connectivity index (χ2n) is 6.51. The quantitative estimate of drug-likeness (QED) is 0.945. The van der Waals surface area contributed by atoms with E-state index in [4.69, 9.17) is 4.98 Å². The Hall–Kier alpha value is -1.07. The van der Waals surface area contributed by atoms with Crippen molar-refractivity contribution >= 4 is 22.9 Å². The van der Waals surface area contributed by atoms with Crippen molar-refractivity contribution in [2.45, 2.75) is 38.1 Å². The topological polar surface area (TPSA) is 42.7 Å². The van der Waals surface area contributed by atoms with E-state index in [1.165, 1.54) is 43.0 Å². The minimum Gasteiger partial charge on any atom is -0.317 e. The zero-order valence-corrected chi connectivity index (χ0v) is 13.8. The van der Waals surface area contributed by atoms with Gasteiger partial charge in [-0.2, -0.15) is 11.8 Å². The summed E-state index contributed by atoms with van der Waals surface area (Å²) in [4.78, 5) is 9.62. The van der Waals surface area contributed by atoms with E-state index in [1.807, 2.05) is 12.3 Å². The standard InChI is InChI=1S/C17H24N4S/c1-2-15-17(19-7-1)21(12-13-3-8-18-9-4-13)16(20-15)14-5-10-22-11-6-14/h1-2,7,13-14,18H,3-6,8-12H2. The number of piperidine rings is 1. The van der Waals surface area contributed by atoms with Gasteiger partial charge in [-0.05, 0) is 68.3 Å². The number of hydrogen-bond acceptors (Lipinski definition) is 4. The number of pyridine rings is 1. The highest BCUT2D eigenvalue weighted by Crippen LogP contribution is 2.33. The van der Waals surface area contributed by atoms with E-state index in [0.29, 0.717) is 5.92 Å². The molecular weight excluding hydrogens is 292 g/mol. The first kappa shape index (κ1) is 14.5. The number of nitrogens with one attached hydrogen (secondary N) is 1. The van der Waals surface area contributed by atoms with Crippen molar-refractivity contribution < 1.29 is 0 Å². The fourth-order valence-electron chi connectivity index (χ4n) is 3.75. The minimum atomic E-state index is 0.622. The number of fused-ring (bicyclic) bond motifs is 1. The van der Waals surface area contributed by atoms with Crippen LogP contribution >= 0.6 is 11.8 Å². The Morgan fingerprint density at radius 3 is 2.82 bits per heavy atom. The van der Waals surface area contributed by atoms with Gasteiger partial charge in [0.05, 0.1) is 0 Å². The summed E-state index contributed by atoms with van der Waals surface area (Å²) < 4.78 is 2.45. The van der Waals surface area contributed by atoms with Crippen molar-refractivity contribution in [1.29, 1.82) is 0 Å². The summed E-state index contributed by atoms with van der Waals surface area (Å²) in [6, 6.07) is 4.12. The molecule has 0 amide bonds. The van der Waals surface area contributed by atoms with Gasteiger partial charge >= 0.3 is 0 Å². The Morgan fingerprint density at radius 1 is 1.18 bits per heavy atom. The van der Waals surface area contributed by atoms with Crippen molar-refractivity contribution in [3.05, 3.63) is 24.2 Å². The molecule has 0 spiro atoms. The normalized spacial score (nSPS) is 21.5. The molecule has 0 atom stereocenters. The van der Waals surface area contributed by atoms with Crippen LogP contribution in [-0.4, -0.2) is 39.1 Å². The summed E-state index contributed by atoms with van der Waals surface area (Å²) in [5.41, 5.74) is 2.17. The maximum absolute atomic E-state index is 4.98. The predicted molar refractivity (Wildman–Crippen MR) is 92.4 cm³/mol. The summed E-state index contributed by atoms with van der Waals surface area (Å²) in [5, 5.41) is 3.47. The van der Waals surface area contributed by atoms with Crippen LogP contribution in [0.3, 0.4) is 0 Å². The Labute approximate surface area is 136 Å². The third-order valence-corrected chi connectivity index (χ3v) is 6.07. The first-order valence-electron chi connectivity index (χ1n) is 8.51. The monoisotopic (exact) mass is 316 g/mol. The van der Waals surface area contributed by atoms with Crippen molar-refractivity contribution in [1.82, 2.24) is 19.9 Å². The number of nitrogens with zero attached hydrogens (tertiary/aromatic N) is 3. The summed E-state index contributed by atoms with van der Waals surface area (Å²) >= 11 is 2.08. The van der Waals surface area contributed by atoms with E-state index in [1.54, 1.807) is 0 Å². The molecule has 0 aliphatic carbocycles. The highest BCUT2D eigenvalue weighted by atomic mass is 32.2. The molecule has 0 aromatic carbocycles. The molecule has 2 aliphatic heterocycles. The average molecular weight is 316 g/mol. The Bertz CT molecular complexity index is 627. The molecule has 0 saturated carbocycles. The van der Waals surface area contributed by atoms with Gasteiger partial charge in [0, 0.05) is 18.7 Å². The molecule has 2 aromatic rings. The molecular formula is C17H24N4S. The molecule has 2 aliphatic rings. The van der Waals surface area contributed by atoms with Crippen LogP contribution < -0.4 is 5.32 Å². The highest BCUT2D eigenvalue weighted by molar-refractivity contribution is 7.99. The summed E-state index contributed by atoms with van der Waals surface area (Å²) in [6.07, 6.45) is 6.97. The van der Waals surface area contributed by atoms with E-state index < -0.39 is 0 Å². The highest BCUT2D eigenvalue weighted by Gasteiger charge is 2.25. The van der Waals surface area contributed by atoms with E-state index in [-0.39, 0.29) is 0 Å². The van der Waals surface area contributed by atoms with Gasteiger partial charge in [-0.1, -0.05) is 0 Å². The molecule has 2 aromatic heterocycles. The zero-order valence-electron chi connectivity index (χ0n) is 13.0. The maximum Gasteiger partial charge on any atom is 0.159 e. The molecule has 118 valence electrons. The van der Waals surface area contributed by atoms with Crippen LogP contribution in [0.5, 0.6) is 0 Å². The van der Waals surface area contributed by atoms with E-state index in [2.05, 4.69) is 32.7 Å². The first-order chi connectivity index (χ1) is 10.9. The Balaban J connectivity index is 1.69. The predicted octanol–water partition coefficient (Wildman–Crippen LogP) is 3.04. The van der Waals surface area contributed by atoms with Gasteiger partial charge in [0.1, 0.15) is 11.3 Å². The summed E-state index contributed by atoms with van der Waals surface area (Å²) in [7, 11) is 0. The number of rotatable bonds is 3. The lowest BCUT2D eigenvalue weighted by atomic mass is 9.97. The van der Waals surface area contributed by atoms with Gasteiger partial charge in [0.15, 0.2) is 5.65 Å². The summed E-state index contributed by atoms with van der Waals surface area (Å²) in [5.74, 6) is 5.23. The van der Waals surface area contributed by atoms with E-state index in [9.17, 15) is 0 Å². The van der Waals surface area contributed by atoms with Gasteiger partial charge < -0.3 is 9.88 Å². The SMILES string of the molecule is c1cnc2c(c1)nc(C1CCSCC1)n2CC1CCNCC1. The van der Waals surface area contributed by atoms with Crippen LogP contribution in [0.15, 0.2) is 18.3 Å². The van der Waals surface area contributed by atoms with Crippen LogP contribution in [0.1, 0.15) is 37.4 Å². The number of thioether (sulfide) groups is 1. The number of imidazole rings is 1. The number of hydrogen-bond donors (Lipinski definition) is 1. The van der Waals surface area contributed by atoms with Gasteiger partial charge in [-0.3, -0.25) is 0 Å². The summed E-state index contributed by atoms with van der Waals surface area (Å²) in [6.45, 7) is 3.40. The van der Waals surface area contributed by atoms with Gasteiger partial charge in [0.25, 0.3) is 0 Å². The largest absolute Gasteiger partial charge is 0.317 e. The van der Waals surface area contributed by atoms with Crippen LogP contribution in [-0.2, 0) is 6.54 Å². The Morgan fingerprint density at radius 2 is 2.00 bits per heavy atom. The molecule has 2 saturated heterocycles. The smallest absolute Gasteiger partial charge is 0.159 e. The van der Waals surface area contributed by atoms with Crippen LogP contribution in [0, 0.1) is 5.92 Å². The van der Waals surface area contributed by atoms with Crippen molar-refractivity contribution in [3.63, 3.8) is 0 Å². The molecule has 0 unspecified atom stereocenters. The van der Waals surface area contributed by atoms with Crippen molar-refractivity contribution in [2.24, 2.45) is 5.92 Å². The van der Waals surface area contributed by atoms with Crippen LogP contribution in [0.25, 0.3) is 11.2 Å². The third kappa shape index (κ3) is 2.88. The number of aromatic nitrogens is 3. The lowest BCUT2D eigenvalue weighted by Crippen LogP contribution is -2.30. The van der Waals surface area contributed by atoms with E-state index >= 15 is 0 Å². The minimum absolute atomic E-state index is 0.622.